The highest BCUT2D eigenvalue weighted by atomic mass is 16.1. The van der Waals surface area contributed by atoms with Gasteiger partial charge < -0.3 is 5.32 Å². The first-order valence-electron chi connectivity index (χ1n) is 8.59. The molecular formula is C19H24N4O. The van der Waals surface area contributed by atoms with Gasteiger partial charge in [0.25, 0.3) is 5.91 Å². The van der Waals surface area contributed by atoms with Crippen molar-refractivity contribution in [3.8, 4) is 5.82 Å². The minimum Gasteiger partial charge on any atom is -0.352 e. The molecule has 1 N–H and O–H groups in total. The summed E-state index contributed by atoms with van der Waals surface area (Å²) in [5.74, 6) is 0.656. The molecule has 5 heteroatoms. The van der Waals surface area contributed by atoms with Crippen LogP contribution < -0.4 is 5.32 Å². The number of hydrogen-bond acceptors (Lipinski definition) is 3. The molecule has 3 rings (SSSR count). The lowest BCUT2D eigenvalue weighted by molar-refractivity contribution is 0.0953. The van der Waals surface area contributed by atoms with Crippen LogP contribution in [-0.2, 0) is 0 Å². The number of pyridine rings is 1. The van der Waals surface area contributed by atoms with E-state index in [1.54, 1.807) is 16.9 Å². The zero-order valence-corrected chi connectivity index (χ0v) is 14.4. The van der Waals surface area contributed by atoms with Gasteiger partial charge in [-0.25, -0.2) is 9.67 Å². The molecule has 0 saturated heterocycles. The van der Waals surface area contributed by atoms with E-state index in [1.807, 2.05) is 26.0 Å². The number of aromatic nitrogens is 3. The first-order chi connectivity index (χ1) is 11.6. The lowest BCUT2D eigenvalue weighted by Crippen LogP contribution is -2.25. The largest absolute Gasteiger partial charge is 0.352 e. The Kier molecular flexibility index (Phi) is 5.08. The summed E-state index contributed by atoms with van der Waals surface area (Å²) in [6.07, 6.45) is 9.81. The van der Waals surface area contributed by atoms with Crippen LogP contribution >= 0.6 is 0 Å². The molecule has 0 aromatic carbocycles. The second kappa shape index (κ2) is 7.43. The highest BCUT2D eigenvalue weighted by molar-refractivity contribution is 5.93. The molecule has 2 aromatic rings. The minimum absolute atomic E-state index is 0.0705. The third kappa shape index (κ3) is 3.91. The highest BCUT2D eigenvalue weighted by Crippen LogP contribution is 2.19. The third-order valence-electron chi connectivity index (χ3n) is 4.35. The van der Waals surface area contributed by atoms with Crippen LogP contribution in [0.5, 0.6) is 0 Å². The Bertz CT molecular complexity index is 743. The molecule has 1 amide bonds. The molecule has 0 aliphatic heterocycles. The molecule has 0 saturated carbocycles. The van der Waals surface area contributed by atoms with Crippen molar-refractivity contribution in [1.29, 1.82) is 0 Å². The predicted octanol–water partition coefficient (Wildman–Crippen LogP) is 3.50. The summed E-state index contributed by atoms with van der Waals surface area (Å²) in [6, 6.07) is 5.63. The Morgan fingerprint density at radius 1 is 1.29 bits per heavy atom. The maximum Gasteiger partial charge on any atom is 0.252 e. The van der Waals surface area contributed by atoms with Crippen LogP contribution in [0.3, 0.4) is 0 Å². The molecular weight excluding hydrogens is 300 g/mol. The highest BCUT2D eigenvalue weighted by Gasteiger charge is 2.09. The molecule has 1 aliphatic rings. The third-order valence-corrected chi connectivity index (χ3v) is 4.35. The van der Waals surface area contributed by atoms with E-state index in [2.05, 4.69) is 21.5 Å². The minimum atomic E-state index is -0.0705. The molecule has 0 atom stereocenters. The van der Waals surface area contributed by atoms with Gasteiger partial charge in [-0.15, -0.1) is 0 Å². The number of carbonyl (C=O) groups is 1. The fraction of sp³-hybridized carbons (Fsp3) is 0.421. The number of nitrogens with one attached hydrogen (secondary N) is 1. The van der Waals surface area contributed by atoms with Gasteiger partial charge in [-0.2, -0.15) is 5.10 Å². The summed E-state index contributed by atoms with van der Waals surface area (Å²) >= 11 is 0. The molecule has 0 spiro atoms. The number of amides is 1. The predicted molar refractivity (Wildman–Crippen MR) is 94.3 cm³/mol. The van der Waals surface area contributed by atoms with Crippen molar-refractivity contribution >= 4 is 5.91 Å². The number of hydrogen-bond donors (Lipinski definition) is 1. The zero-order valence-electron chi connectivity index (χ0n) is 14.4. The summed E-state index contributed by atoms with van der Waals surface area (Å²) in [7, 11) is 0. The van der Waals surface area contributed by atoms with Gasteiger partial charge in [0.1, 0.15) is 0 Å². The fourth-order valence-electron chi connectivity index (χ4n) is 3.08. The maximum absolute atomic E-state index is 12.2. The molecule has 0 fully saturated rings. The van der Waals surface area contributed by atoms with E-state index in [0.717, 1.165) is 23.6 Å². The van der Waals surface area contributed by atoms with Crippen LogP contribution in [0, 0.1) is 13.8 Å². The van der Waals surface area contributed by atoms with E-state index in [1.165, 1.54) is 31.3 Å². The molecule has 2 heterocycles. The second-order valence-electron chi connectivity index (χ2n) is 6.36. The molecule has 1 aliphatic carbocycles. The monoisotopic (exact) mass is 324 g/mol. The van der Waals surface area contributed by atoms with Crippen LogP contribution in [0.25, 0.3) is 5.82 Å². The number of nitrogens with zero attached hydrogens (tertiary/aromatic N) is 3. The standard InChI is InChI=1S/C19H24N4O/c1-14-12-15(2)23(22-14)18-9-8-17(13-21-18)19(24)20-11-10-16-6-4-3-5-7-16/h6,8-9,12-13H,3-5,7,10-11H2,1-2H3,(H,20,24). The molecule has 0 bridgehead atoms. The molecule has 2 aromatic heterocycles. The average Bonchev–Trinajstić information content (AvgIpc) is 2.94. The van der Waals surface area contributed by atoms with Crippen molar-refractivity contribution in [3.63, 3.8) is 0 Å². The molecule has 24 heavy (non-hydrogen) atoms. The number of rotatable bonds is 5. The van der Waals surface area contributed by atoms with Crippen LogP contribution in [0.1, 0.15) is 53.8 Å². The van der Waals surface area contributed by atoms with Gasteiger partial charge in [0, 0.05) is 18.4 Å². The first kappa shape index (κ1) is 16.4. The van der Waals surface area contributed by atoms with Crippen molar-refractivity contribution in [2.45, 2.75) is 46.0 Å². The van der Waals surface area contributed by atoms with Crippen molar-refractivity contribution in [1.82, 2.24) is 20.1 Å². The van der Waals surface area contributed by atoms with Gasteiger partial charge in [-0.1, -0.05) is 11.6 Å². The summed E-state index contributed by atoms with van der Waals surface area (Å²) in [5.41, 5.74) is 4.03. The van der Waals surface area contributed by atoms with Crippen LogP contribution in [0.4, 0.5) is 0 Å². The van der Waals surface area contributed by atoms with Crippen LogP contribution in [-0.4, -0.2) is 27.2 Å². The Morgan fingerprint density at radius 2 is 2.17 bits per heavy atom. The van der Waals surface area contributed by atoms with E-state index < -0.39 is 0 Å². The van der Waals surface area contributed by atoms with E-state index in [9.17, 15) is 4.79 Å². The summed E-state index contributed by atoms with van der Waals surface area (Å²) in [4.78, 5) is 16.6. The van der Waals surface area contributed by atoms with Crippen LogP contribution in [0.15, 0.2) is 36.0 Å². The van der Waals surface area contributed by atoms with Crippen LogP contribution in [0.2, 0.25) is 0 Å². The summed E-state index contributed by atoms with van der Waals surface area (Å²) in [5, 5.41) is 7.38. The van der Waals surface area contributed by atoms with E-state index >= 15 is 0 Å². The number of allylic oxidation sites excluding steroid dienone is 1. The number of carbonyl (C=O) groups excluding carboxylic acids is 1. The lowest BCUT2D eigenvalue weighted by Gasteiger charge is -2.13. The first-order valence-corrected chi connectivity index (χ1v) is 8.59. The lowest BCUT2D eigenvalue weighted by atomic mass is 9.97. The Labute approximate surface area is 142 Å². The summed E-state index contributed by atoms with van der Waals surface area (Å²) in [6.45, 7) is 4.62. The van der Waals surface area contributed by atoms with E-state index in [0.29, 0.717) is 12.1 Å². The topological polar surface area (TPSA) is 59.8 Å². The molecule has 0 radical (unpaired) electrons. The Balaban J connectivity index is 1.57. The van der Waals surface area contributed by atoms with Gasteiger partial charge >= 0.3 is 0 Å². The SMILES string of the molecule is Cc1cc(C)n(-c2ccc(C(=O)NCCC3=CCCCC3)cn2)n1. The van der Waals surface area contributed by atoms with Gasteiger partial charge in [-0.3, -0.25) is 4.79 Å². The summed E-state index contributed by atoms with van der Waals surface area (Å²) < 4.78 is 1.78. The normalized spacial score (nSPS) is 14.3. The van der Waals surface area contributed by atoms with E-state index in [4.69, 9.17) is 0 Å². The maximum atomic E-state index is 12.2. The Morgan fingerprint density at radius 3 is 2.79 bits per heavy atom. The average molecular weight is 324 g/mol. The molecule has 126 valence electrons. The van der Waals surface area contributed by atoms with Crippen molar-refractivity contribution in [3.05, 3.63) is 53.0 Å². The fourth-order valence-corrected chi connectivity index (χ4v) is 3.08. The van der Waals surface area contributed by atoms with E-state index in [-0.39, 0.29) is 5.91 Å². The quantitative estimate of drug-likeness (QED) is 0.856. The van der Waals surface area contributed by atoms with Crippen molar-refractivity contribution in [2.75, 3.05) is 6.54 Å². The van der Waals surface area contributed by atoms with Gasteiger partial charge in [0.2, 0.25) is 0 Å². The van der Waals surface area contributed by atoms with Gasteiger partial charge in [0.15, 0.2) is 5.82 Å². The van der Waals surface area contributed by atoms with Gasteiger partial charge in [0.05, 0.1) is 11.3 Å². The Hall–Kier alpha value is -2.43. The molecule has 0 unspecified atom stereocenters. The molecule has 5 nitrogen and oxygen atoms in total. The smallest absolute Gasteiger partial charge is 0.252 e. The van der Waals surface area contributed by atoms with Gasteiger partial charge in [-0.05, 0) is 64.2 Å². The van der Waals surface area contributed by atoms with Crippen molar-refractivity contribution < 1.29 is 4.79 Å². The van der Waals surface area contributed by atoms with Crippen molar-refractivity contribution in [2.24, 2.45) is 0 Å². The zero-order chi connectivity index (χ0) is 16.9. The second-order valence-corrected chi connectivity index (χ2v) is 6.36. The number of aryl methyl sites for hydroxylation is 2.